The Bertz CT molecular complexity index is 441. The molecule has 0 saturated carbocycles. The number of nitriles is 1. The lowest BCUT2D eigenvalue weighted by Crippen LogP contribution is -2.45. The smallest absolute Gasteiger partial charge is 0.146 e. The van der Waals surface area contributed by atoms with Gasteiger partial charge >= 0.3 is 0 Å². The first-order chi connectivity index (χ1) is 8.26. The van der Waals surface area contributed by atoms with Crippen molar-refractivity contribution < 1.29 is 0 Å². The van der Waals surface area contributed by atoms with E-state index < -0.39 is 0 Å². The summed E-state index contributed by atoms with van der Waals surface area (Å²) in [5, 5.41) is 9.16. The molecular formula is C12H15BrN4. The molecule has 0 aromatic carbocycles. The molecule has 0 radical (unpaired) electrons. The predicted octanol–water partition coefficient (Wildman–Crippen LogP) is 2.03. The summed E-state index contributed by atoms with van der Waals surface area (Å²) in [6.07, 6.45) is 5.16. The number of nitrogens with two attached hydrogens (primary N) is 1. The lowest BCUT2D eigenvalue weighted by atomic mass is 10.0. The topological polar surface area (TPSA) is 65.9 Å². The summed E-state index contributed by atoms with van der Waals surface area (Å²) >= 11 is 3.34. The molecule has 0 amide bonds. The van der Waals surface area contributed by atoms with Gasteiger partial charge in [-0.1, -0.05) is 0 Å². The highest BCUT2D eigenvalue weighted by Gasteiger charge is 2.24. The number of piperidine rings is 1. The minimum absolute atomic E-state index is 0.310. The highest BCUT2D eigenvalue weighted by atomic mass is 79.9. The van der Waals surface area contributed by atoms with E-state index in [1.165, 1.54) is 6.42 Å². The molecule has 1 fully saturated rings. The predicted molar refractivity (Wildman–Crippen MR) is 70.7 cm³/mol. The van der Waals surface area contributed by atoms with Crippen LogP contribution in [0.15, 0.2) is 16.7 Å². The van der Waals surface area contributed by atoms with Gasteiger partial charge in [0.1, 0.15) is 11.9 Å². The van der Waals surface area contributed by atoms with Gasteiger partial charge in [0.25, 0.3) is 0 Å². The number of hydrogen-bond acceptors (Lipinski definition) is 4. The van der Waals surface area contributed by atoms with Gasteiger partial charge in [-0.3, -0.25) is 0 Å². The molecule has 2 heterocycles. The third kappa shape index (κ3) is 2.59. The third-order valence-electron chi connectivity index (χ3n) is 3.13. The average Bonchev–Trinajstić information content (AvgIpc) is 2.38. The summed E-state index contributed by atoms with van der Waals surface area (Å²) < 4.78 is 0.833. The fourth-order valence-corrected chi connectivity index (χ4v) is 2.60. The van der Waals surface area contributed by atoms with Gasteiger partial charge in [0.2, 0.25) is 0 Å². The molecular weight excluding hydrogens is 280 g/mol. The van der Waals surface area contributed by atoms with Crippen molar-refractivity contribution >= 4 is 21.7 Å². The van der Waals surface area contributed by atoms with Crippen LogP contribution in [0.1, 0.15) is 24.8 Å². The standard InChI is InChI=1S/C12H15BrN4/c13-10-5-9(6-14)12(16-8-10)17-4-2-1-3-11(17)7-15/h5,8,11H,1-4,7,15H2. The Labute approximate surface area is 110 Å². The van der Waals surface area contributed by atoms with Crippen molar-refractivity contribution in [1.29, 1.82) is 5.26 Å². The summed E-state index contributed by atoms with van der Waals surface area (Å²) in [5.74, 6) is 0.769. The third-order valence-corrected chi connectivity index (χ3v) is 3.56. The van der Waals surface area contributed by atoms with Crippen LogP contribution in [0.25, 0.3) is 0 Å². The first-order valence-electron chi connectivity index (χ1n) is 5.78. The number of pyridine rings is 1. The Morgan fingerprint density at radius 2 is 2.41 bits per heavy atom. The van der Waals surface area contributed by atoms with Gasteiger partial charge in [-0.15, -0.1) is 0 Å². The normalized spacial score (nSPS) is 20.1. The Morgan fingerprint density at radius 3 is 3.12 bits per heavy atom. The zero-order valence-corrected chi connectivity index (χ0v) is 11.2. The van der Waals surface area contributed by atoms with Gasteiger partial charge in [0, 0.05) is 29.8 Å². The summed E-state index contributed by atoms with van der Waals surface area (Å²) in [6, 6.07) is 4.32. The summed E-state index contributed by atoms with van der Waals surface area (Å²) in [7, 11) is 0. The molecule has 1 aromatic rings. The zero-order chi connectivity index (χ0) is 12.3. The summed E-state index contributed by atoms with van der Waals surface area (Å²) in [6.45, 7) is 1.55. The molecule has 4 nitrogen and oxygen atoms in total. The molecule has 1 aromatic heterocycles. The Balaban J connectivity index is 2.35. The molecule has 0 spiro atoms. The van der Waals surface area contributed by atoms with Crippen molar-refractivity contribution in [2.24, 2.45) is 5.73 Å². The highest BCUT2D eigenvalue weighted by molar-refractivity contribution is 9.10. The number of anilines is 1. The highest BCUT2D eigenvalue weighted by Crippen LogP contribution is 2.27. The molecule has 1 atom stereocenters. The number of hydrogen-bond donors (Lipinski definition) is 1. The van der Waals surface area contributed by atoms with Crippen LogP contribution in [0.4, 0.5) is 5.82 Å². The van der Waals surface area contributed by atoms with Crippen LogP contribution in [-0.2, 0) is 0 Å². The maximum Gasteiger partial charge on any atom is 0.146 e. The van der Waals surface area contributed by atoms with E-state index >= 15 is 0 Å². The van der Waals surface area contributed by atoms with Crippen LogP contribution >= 0.6 is 15.9 Å². The van der Waals surface area contributed by atoms with Crippen molar-refractivity contribution in [1.82, 2.24) is 4.98 Å². The van der Waals surface area contributed by atoms with E-state index in [1.54, 1.807) is 6.20 Å². The van der Waals surface area contributed by atoms with Crippen molar-refractivity contribution in [3.63, 3.8) is 0 Å². The maximum absolute atomic E-state index is 9.16. The SMILES string of the molecule is N#Cc1cc(Br)cnc1N1CCCCC1CN. The molecule has 2 N–H and O–H groups in total. The van der Waals surface area contributed by atoms with E-state index in [2.05, 4.69) is 31.9 Å². The van der Waals surface area contributed by atoms with Crippen LogP contribution in [0.5, 0.6) is 0 Å². The molecule has 1 unspecified atom stereocenters. The lowest BCUT2D eigenvalue weighted by Gasteiger charge is -2.36. The van der Waals surface area contributed by atoms with Gasteiger partial charge in [-0.25, -0.2) is 4.98 Å². The van der Waals surface area contributed by atoms with Crippen molar-refractivity contribution in [3.8, 4) is 6.07 Å². The van der Waals surface area contributed by atoms with Gasteiger partial charge in [0.15, 0.2) is 0 Å². The number of rotatable bonds is 2. The second-order valence-corrected chi connectivity index (χ2v) is 5.13. The van der Waals surface area contributed by atoms with Gasteiger partial charge in [-0.2, -0.15) is 5.26 Å². The van der Waals surface area contributed by atoms with Gasteiger partial charge in [0.05, 0.1) is 5.56 Å². The number of nitrogens with zero attached hydrogens (tertiary/aromatic N) is 3. The van der Waals surface area contributed by atoms with Crippen LogP contribution in [0, 0.1) is 11.3 Å². The molecule has 1 aliphatic heterocycles. The van der Waals surface area contributed by atoms with E-state index in [4.69, 9.17) is 11.0 Å². The minimum atomic E-state index is 0.310. The van der Waals surface area contributed by atoms with Crippen LogP contribution in [0.2, 0.25) is 0 Å². The molecule has 5 heteroatoms. The second kappa shape index (κ2) is 5.48. The molecule has 90 valence electrons. The average molecular weight is 295 g/mol. The van der Waals surface area contributed by atoms with E-state index in [0.29, 0.717) is 18.2 Å². The molecule has 1 saturated heterocycles. The summed E-state index contributed by atoms with van der Waals surface area (Å²) in [5.41, 5.74) is 6.40. The maximum atomic E-state index is 9.16. The first-order valence-corrected chi connectivity index (χ1v) is 6.58. The molecule has 0 bridgehead atoms. The summed E-state index contributed by atoms with van der Waals surface area (Å²) in [4.78, 5) is 6.55. The monoisotopic (exact) mass is 294 g/mol. The van der Waals surface area contributed by atoms with Crippen LogP contribution in [0.3, 0.4) is 0 Å². The minimum Gasteiger partial charge on any atom is -0.351 e. The van der Waals surface area contributed by atoms with Gasteiger partial charge < -0.3 is 10.6 Å². The van der Waals surface area contributed by atoms with E-state index in [1.807, 2.05) is 6.07 Å². The number of aromatic nitrogens is 1. The van der Waals surface area contributed by atoms with Crippen molar-refractivity contribution in [2.45, 2.75) is 25.3 Å². The van der Waals surface area contributed by atoms with E-state index in [0.717, 1.165) is 29.7 Å². The zero-order valence-electron chi connectivity index (χ0n) is 9.56. The van der Waals surface area contributed by atoms with E-state index in [9.17, 15) is 0 Å². The molecule has 17 heavy (non-hydrogen) atoms. The van der Waals surface area contributed by atoms with E-state index in [-0.39, 0.29) is 0 Å². The fourth-order valence-electron chi connectivity index (χ4n) is 2.27. The van der Waals surface area contributed by atoms with Crippen molar-refractivity contribution in [3.05, 3.63) is 22.3 Å². The second-order valence-electron chi connectivity index (χ2n) is 4.22. The Kier molecular flexibility index (Phi) is 3.97. The quantitative estimate of drug-likeness (QED) is 0.906. The largest absolute Gasteiger partial charge is 0.351 e. The van der Waals surface area contributed by atoms with Crippen molar-refractivity contribution in [2.75, 3.05) is 18.0 Å². The van der Waals surface area contributed by atoms with Crippen LogP contribution < -0.4 is 10.6 Å². The molecule has 0 aliphatic carbocycles. The molecule has 1 aliphatic rings. The number of halogens is 1. The van der Waals surface area contributed by atoms with Gasteiger partial charge in [-0.05, 0) is 41.3 Å². The molecule has 2 rings (SSSR count). The van der Waals surface area contributed by atoms with Crippen LogP contribution in [-0.4, -0.2) is 24.1 Å². The Morgan fingerprint density at radius 1 is 1.59 bits per heavy atom. The fraction of sp³-hybridized carbons (Fsp3) is 0.500. The lowest BCUT2D eigenvalue weighted by molar-refractivity contribution is 0.462. The first kappa shape index (κ1) is 12.3. The Hall–Kier alpha value is -1.12.